The molecule has 0 bridgehead atoms. The Morgan fingerprint density at radius 1 is 1.08 bits per heavy atom. The monoisotopic (exact) mass is 352 g/mol. The van der Waals surface area contributed by atoms with Crippen molar-refractivity contribution in [1.82, 2.24) is 10.2 Å². The van der Waals surface area contributed by atoms with E-state index in [2.05, 4.69) is 16.3 Å². The van der Waals surface area contributed by atoms with E-state index in [1.54, 1.807) is 11.3 Å². The van der Waals surface area contributed by atoms with Crippen molar-refractivity contribution in [2.24, 2.45) is 0 Å². The maximum atomic E-state index is 5.96. The SMILES string of the molecule is c1csc(-c2nnc(COc3ccc4oc5c(c4c3)CCCC5)o2)c1. The molecule has 3 heterocycles. The first-order valence-electron chi connectivity index (χ1n) is 8.40. The molecule has 0 fully saturated rings. The van der Waals surface area contributed by atoms with Gasteiger partial charge in [0, 0.05) is 17.4 Å². The molecule has 1 aliphatic rings. The van der Waals surface area contributed by atoms with Gasteiger partial charge >= 0.3 is 0 Å². The number of benzene rings is 1. The van der Waals surface area contributed by atoms with Gasteiger partial charge in [0.1, 0.15) is 17.1 Å². The summed E-state index contributed by atoms with van der Waals surface area (Å²) in [6.45, 7) is 0.254. The molecule has 0 unspecified atom stereocenters. The maximum absolute atomic E-state index is 5.96. The van der Waals surface area contributed by atoms with E-state index in [4.69, 9.17) is 13.6 Å². The number of hydrogen-bond donors (Lipinski definition) is 0. The molecule has 5 rings (SSSR count). The minimum atomic E-state index is 0.254. The summed E-state index contributed by atoms with van der Waals surface area (Å²) in [5.74, 6) is 2.93. The Hall–Kier alpha value is -2.60. The molecule has 5 nitrogen and oxygen atoms in total. The van der Waals surface area contributed by atoms with Gasteiger partial charge in [-0.1, -0.05) is 6.07 Å². The van der Waals surface area contributed by atoms with Crippen molar-refractivity contribution >= 4 is 22.3 Å². The van der Waals surface area contributed by atoms with Gasteiger partial charge in [-0.25, -0.2) is 0 Å². The molecule has 0 N–H and O–H groups in total. The van der Waals surface area contributed by atoms with E-state index in [0.717, 1.165) is 40.2 Å². The Morgan fingerprint density at radius 2 is 2.04 bits per heavy atom. The van der Waals surface area contributed by atoms with Gasteiger partial charge in [0.2, 0.25) is 0 Å². The zero-order valence-electron chi connectivity index (χ0n) is 13.5. The standard InChI is InChI=1S/C19H16N2O3S/c1-2-5-15-13(4-1)14-10-12(7-8-16(14)23-15)22-11-18-20-21-19(24-18)17-6-3-9-25-17/h3,6-10H,1-2,4-5,11H2. The fourth-order valence-electron chi connectivity index (χ4n) is 3.29. The van der Waals surface area contributed by atoms with Crippen LogP contribution in [0.5, 0.6) is 5.75 Å². The van der Waals surface area contributed by atoms with Crippen LogP contribution in [0.25, 0.3) is 21.7 Å². The molecule has 0 saturated carbocycles. The van der Waals surface area contributed by atoms with Crippen LogP contribution in [0.2, 0.25) is 0 Å². The summed E-state index contributed by atoms with van der Waals surface area (Å²) in [6, 6.07) is 9.88. The van der Waals surface area contributed by atoms with Crippen molar-refractivity contribution in [2.45, 2.75) is 32.3 Å². The largest absolute Gasteiger partial charge is 0.484 e. The smallest absolute Gasteiger partial charge is 0.257 e. The third-order valence-corrected chi connectivity index (χ3v) is 5.35. The van der Waals surface area contributed by atoms with Crippen molar-refractivity contribution < 1.29 is 13.6 Å². The van der Waals surface area contributed by atoms with E-state index < -0.39 is 0 Å². The molecule has 0 aliphatic heterocycles. The van der Waals surface area contributed by atoms with Crippen molar-refractivity contribution in [3.63, 3.8) is 0 Å². The lowest BCUT2D eigenvalue weighted by atomic mass is 9.96. The number of hydrogen-bond acceptors (Lipinski definition) is 6. The predicted octanol–water partition coefficient (Wildman–Crippen LogP) is 5.00. The average Bonchev–Trinajstić information content (AvgIpc) is 3.38. The van der Waals surface area contributed by atoms with E-state index in [1.165, 1.54) is 18.4 Å². The third kappa shape index (κ3) is 2.72. The van der Waals surface area contributed by atoms with E-state index in [1.807, 2.05) is 29.6 Å². The van der Waals surface area contributed by atoms with Crippen LogP contribution in [0.1, 0.15) is 30.1 Å². The van der Waals surface area contributed by atoms with Gasteiger partial charge in [-0.15, -0.1) is 21.5 Å². The Morgan fingerprint density at radius 3 is 2.96 bits per heavy atom. The van der Waals surface area contributed by atoms with Crippen LogP contribution in [0.4, 0.5) is 0 Å². The topological polar surface area (TPSA) is 61.3 Å². The minimum absolute atomic E-state index is 0.254. The first-order chi connectivity index (χ1) is 12.4. The van der Waals surface area contributed by atoms with E-state index in [0.29, 0.717) is 11.8 Å². The van der Waals surface area contributed by atoms with Crippen LogP contribution < -0.4 is 4.74 Å². The zero-order chi connectivity index (χ0) is 16.6. The van der Waals surface area contributed by atoms with Crippen LogP contribution in [0.15, 0.2) is 44.5 Å². The lowest BCUT2D eigenvalue weighted by molar-refractivity contribution is 0.265. The number of thiophene rings is 1. The van der Waals surface area contributed by atoms with Crippen LogP contribution in [0, 0.1) is 0 Å². The third-order valence-electron chi connectivity index (χ3n) is 4.49. The van der Waals surface area contributed by atoms with E-state index in [-0.39, 0.29) is 6.61 Å². The first kappa shape index (κ1) is 14.7. The van der Waals surface area contributed by atoms with Gasteiger partial charge in [-0.2, -0.15) is 0 Å². The van der Waals surface area contributed by atoms with Gasteiger partial charge < -0.3 is 13.6 Å². The van der Waals surface area contributed by atoms with Crippen molar-refractivity contribution in [3.05, 3.63) is 52.9 Å². The van der Waals surface area contributed by atoms with Gasteiger partial charge in [0.25, 0.3) is 11.8 Å². The van der Waals surface area contributed by atoms with Crippen LogP contribution >= 0.6 is 11.3 Å². The summed E-state index contributed by atoms with van der Waals surface area (Å²) in [5.41, 5.74) is 2.28. The van der Waals surface area contributed by atoms with E-state index >= 15 is 0 Å². The highest BCUT2D eigenvalue weighted by Gasteiger charge is 2.18. The Kier molecular flexibility index (Phi) is 3.56. The molecule has 4 aromatic rings. The number of ether oxygens (including phenoxy) is 1. The first-order valence-corrected chi connectivity index (χ1v) is 9.28. The van der Waals surface area contributed by atoms with Crippen molar-refractivity contribution in [1.29, 1.82) is 0 Å². The Labute approximate surface area is 148 Å². The summed E-state index contributed by atoms with van der Waals surface area (Å²) in [5, 5.41) is 11.3. The average molecular weight is 352 g/mol. The number of fused-ring (bicyclic) bond motifs is 3. The number of rotatable bonds is 4. The van der Waals surface area contributed by atoms with Crippen LogP contribution in [0.3, 0.4) is 0 Å². The Bertz CT molecular complexity index is 1020. The van der Waals surface area contributed by atoms with Gasteiger partial charge in [-0.3, -0.25) is 0 Å². The summed E-state index contributed by atoms with van der Waals surface area (Å²) in [4.78, 5) is 0.963. The second-order valence-corrected chi connectivity index (χ2v) is 7.08. The molecule has 1 aliphatic carbocycles. The number of aryl methyl sites for hydroxylation is 2. The van der Waals surface area contributed by atoms with Gasteiger partial charge in [-0.05, 0) is 48.9 Å². The molecule has 0 radical (unpaired) electrons. The van der Waals surface area contributed by atoms with Crippen molar-refractivity contribution in [3.8, 4) is 16.5 Å². The van der Waals surface area contributed by atoms with Crippen LogP contribution in [-0.4, -0.2) is 10.2 Å². The highest BCUT2D eigenvalue weighted by atomic mass is 32.1. The molecule has 0 saturated heterocycles. The molecular weight excluding hydrogens is 336 g/mol. The number of nitrogens with zero attached hydrogens (tertiary/aromatic N) is 2. The fraction of sp³-hybridized carbons (Fsp3) is 0.263. The quantitative estimate of drug-likeness (QED) is 0.517. The zero-order valence-corrected chi connectivity index (χ0v) is 14.3. The Balaban J connectivity index is 1.36. The van der Waals surface area contributed by atoms with Gasteiger partial charge in [0.15, 0.2) is 6.61 Å². The maximum Gasteiger partial charge on any atom is 0.257 e. The highest BCUT2D eigenvalue weighted by Crippen LogP contribution is 2.34. The summed E-state index contributed by atoms with van der Waals surface area (Å²) in [6.07, 6.45) is 4.55. The predicted molar refractivity (Wildman–Crippen MR) is 94.8 cm³/mol. The second-order valence-electron chi connectivity index (χ2n) is 6.14. The lowest BCUT2D eigenvalue weighted by Crippen LogP contribution is -1.99. The normalized spacial score (nSPS) is 13.9. The molecule has 1 aromatic carbocycles. The molecule has 0 amide bonds. The van der Waals surface area contributed by atoms with Crippen LogP contribution in [-0.2, 0) is 19.4 Å². The van der Waals surface area contributed by atoms with Crippen molar-refractivity contribution in [2.75, 3.05) is 0 Å². The van der Waals surface area contributed by atoms with Gasteiger partial charge in [0.05, 0.1) is 4.88 Å². The fourth-order valence-corrected chi connectivity index (χ4v) is 3.93. The molecule has 6 heteroatoms. The highest BCUT2D eigenvalue weighted by molar-refractivity contribution is 7.13. The lowest BCUT2D eigenvalue weighted by Gasteiger charge is -2.08. The molecule has 126 valence electrons. The summed E-state index contributed by atoms with van der Waals surface area (Å²) in [7, 11) is 0. The molecule has 25 heavy (non-hydrogen) atoms. The number of aromatic nitrogens is 2. The molecular formula is C19H16N2O3S. The summed E-state index contributed by atoms with van der Waals surface area (Å²) >= 11 is 1.57. The molecule has 0 spiro atoms. The van der Waals surface area contributed by atoms with E-state index in [9.17, 15) is 0 Å². The minimum Gasteiger partial charge on any atom is -0.484 e. The molecule has 3 aromatic heterocycles. The number of furan rings is 1. The molecule has 0 atom stereocenters. The summed E-state index contributed by atoms with van der Waals surface area (Å²) < 4.78 is 17.5. The second kappa shape index (κ2) is 6.04.